The van der Waals surface area contributed by atoms with Crippen LogP contribution < -0.4 is 15.6 Å². The van der Waals surface area contributed by atoms with E-state index in [0.717, 1.165) is 29.2 Å². The molecule has 0 bridgehead atoms. The van der Waals surface area contributed by atoms with Crippen molar-refractivity contribution < 1.29 is 20.5 Å². The van der Waals surface area contributed by atoms with Gasteiger partial charge in [0.1, 0.15) is 11.4 Å². The van der Waals surface area contributed by atoms with Crippen LogP contribution in [0, 0.1) is 30.6 Å². The second-order valence-corrected chi connectivity index (χ2v) is 7.18. The molecule has 1 aromatic heterocycles. The quantitative estimate of drug-likeness (QED) is 0.228. The first-order valence-corrected chi connectivity index (χ1v) is 9.76. The molecule has 0 unspecified atom stereocenters. The molecule has 31 heavy (non-hydrogen) atoms. The number of para-hydroxylation sites is 1. The minimum absolute atomic E-state index is 0.414. The number of nitrogens with zero attached hydrogens (tertiary/aromatic N) is 4. The van der Waals surface area contributed by atoms with E-state index in [9.17, 15) is 0 Å². The molecule has 0 atom stereocenters. The smallest absolute Gasteiger partial charge is 0.339 e. The number of nitrogens with one attached hydrogen (secondary N) is 2. The first-order chi connectivity index (χ1) is 14.7. The fourth-order valence-electron chi connectivity index (χ4n) is 2.52. The number of hydrogen-bond acceptors (Lipinski definition) is 8. The lowest BCUT2D eigenvalue weighted by atomic mass is 10.0. The van der Waals surface area contributed by atoms with Crippen LogP contribution >= 0.6 is 11.3 Å². The number of aliphatic imine (C=N–C) groups is 2. The molecule has 2 aromatic rings. The normalized spacial score (nSPS) is 16.0. The van der Waals surface area contributed by atoms with E-state index in [-0.39, 0.29) is 0 Å². The van der Waals surface area contributed by atoms with Gasteiger partial charge in [-0.2, -0.15) is 10.3 Å². The van der Waals surface area contributed by atoms with Crippen molar-refractivity contribution in [3.05, 3.63) is 83.8 Å². The molecular formula is C17H19N7O6S. The van der Waals surface area contributed by atoms with Crippen LogP contribution in [0.1, 0.15) is 25.3 Å². The summed E-state index contributed by atoms with van der Waals surface area (Å²) in [6.45, 7) is 2.10. The van der Waals surface area contributed by atoms with Crippen molar-refractivity contribution in [1.29, 1.82) is 0 Å². The number of nitrogens with two attached hydrogens (primary N) is 1. The molecule has 1 aromatic carbocycles. The van der Waals surface area contributed by atoms with Gasteiger partial charge in [-0.1, -0.05) is 23.5 Å². The molecule has 1 aliphatic heterocycles. The maximum Gasteiger partial charge on any atom is 0.339 e. The third kappa shape index (κ3) is 8.97. The van der Waals surface area contributed by atoms with Crippen LogP contribution in [0.15, 0.2) is 57.6 Å². The number of aromatic nitrogens is 1. The summed E-state index contributed by atoms with van der Waals surface area (Å²) in [4.78, 5) is 29.2. The molecule has 1 saturated carbocycles. The Morgan fingerprint density at radius 3 is 2.42 bits per heavy atom. The van der Waals surface area contributed by atoms with Gasteiger partial charge >= 0.3 is 11.1 Å². The first kappa shape index (κ1) is 23.4. The second kappa shape index (κ2) is 11.3. The highest BCUT2D eigenvalue weighted by atomic mass is 32.1. The molecule has 0 saturated heterocycles. The van der Waals surface area contributed by atoms with Crippen LogP contribution in [0.5, 0.6) is 0 Å². The number of benzene rings is 1. The molecule has 0 amide bonds. The molecule has 4 rings (SSSR count). The summed E-state index contributed by atoms with van der Waals surface area (Å²) < 4.78 is 0. The number of aromatic amines is 1. The number of thiazole rings is 1. The lowest BCUT2D eigenvalue weighted by Crippen LogP contribution is -2.76. The van der Waals surface area contributed by atoms with E-state index < -0.39 is 10.2 Å². The fraction of sp³-hybridized carbons (Fsp3) is 0.235. The zero-order chi connectivity index (χ0) is 22.8. The number of allylic oxidation sites excluding steroid dienone is 2. The average molecular weight is 449 g/mol. The number of anilines is 1. The lowest BCUT2D eigenvalue weighted by molar-refractivity contribution is -0.518. The van der Waals surface area contributed by atoms with E-state index in [4.69, 9.17) is 40.6 Å². The molecule has 13 nitrogen and oxygen atoms in total. The largest absolute Gasteiger partial charge is 0.356 e. The van der Waals surface area contributed by atoms with Crippen molar-refractivity contribution in [3.8, 4) is 0 Å². The third-order valence-electron chi connectivity index (χ3n) is 3.76. The highest BCUT2D eigenvalue weighted by Crippen LogP contribution is 2.24. The highest BCUT2D eigenvalue weighted by Gasteiger charge is 2.24. The standard InChI is InChI=1S/C17H17N5S.2NO3/c1-11-10-15(13-4-2-3-5-14(13)19-11)21-16(20-12-6-7-12)22-17-18-8-9-23-17;2*2-1(3)4/h2-5,8-10,12H,6-7H2,1H3,(H2,18,19,20,21,22);;/q;2*-1/p+2. The number of H-pyrrole nitrogens is 1. The Hall–Kier alpha value is -3.91. The van der Waals surface area contributed by atoms with Crippen molar-refractivity contribution in [3.63, 3.8) is 0 Å². The van der Waals surface area contributed by atoms with Crippen LogP contribution in [-0.2, 0) is 0 Å². The fourth-order valence-corrected chi connectivity index (χ4v) is 3.08. The Balaban J connectivity index is 0.000000370. The van der Waals surface area contributed by atoms with E-state index in [1.807, 2.05) is 11.6 Å². The Morgan fingerprint density at radius 2 is 1.84 bits per heavy atom. The van der Waals surface area contributed by atoms with Gasteiger partial charge in [-0.25, -0.2) is 9.98 Å². The van der Waals surface area contributed by atoms with Gasteiger partial charge in [0.05, 0.1) is 33.7 Å². The van der Waals surface area contributed by atoms with E-state index in [1.54, 1.807) is 11.3 Å². The van der Waals surface area contributed by atoms with Gasteiger partial charge in [-0.15, -0.1) is 0 Å². The van der Waals surface area contributed by atoms with Crippen molar-refractivity contribution in [2.45, 2.75) is 25.8 Å². The van der Waals surface area contributed by atoms with E-state index in [2.05, 4.69) is 52.9 Å². The molecule has 1 aliphatic carbocycles. The second-order valence-electron chi connectivity index (χ2n) is 6.27. The molecule has 164 valence electrons. The monoisotopic (exact) mass is 449 g/mol. The molecular weight excluding hydrogens is 430 g/mol. The van der Waals surface area contributed by atoms with Crippen LogP contribution in [-0.4, -0.2) is 27.9 Å². The maximum atomic E-state index is 8.25. The van der Waals surface area contributed by atoms with Crippen LogP contribution in [0.25, 0.3) is 0 Å². The van der Waals surface area contributed by atoms with E-state index in [1.165, 1.54) is 11.4 Å². The van der Waals surface area contributed by atoms with Crippen molar-refractivity contribution in [2.24, 2.45) is 9.98 Å². The summed E-state index contributed by atoms with van der Waals surface area (Å²) in [5.74, 6) is 0.682. The molecule has 4 N–H and O–H groups in total. The predicted molar refractivity (Wildman–Crippen MR) is 114 cm³/mol. The van der Waals surface area contributed by atoms with Crippen molar-refractivity contribution in [2.75, 3.05) is 5.32 Å². The molecule has 2 aliphatic rings. The molecule has 0 spiro atoms. The Labute approximate surface area is 179 Å². The number of hydrogen-bond donors (Lipinski definition) is 2. The van der Waals surface area contributed by atoms with Crippen LogP contribution in [0.2, 0.25) is 0 Å². The van der Waals surface area contributed by atoms with Gasteiger partial charge in [0.2, 0.25) is 0 Å². The van der Waals surface area contributed by atoms with Gasteiger partial charge in [0.25, 0.3) is 0 Å². The van der Waals surface area contributed by atoms with Gasteiger partial charge < -0.3 is 30.6 Å². The number of guanidine groups is 1. The molecule has 0 radical (unpaired) electrons. The molecule has 2 heterocycles. The predicted octanol–water partition coefficient (Wildman–Crippen LogP) is 1.62. The minimum atomic E-state index is -1.75. The SMILES string of the molecule is CC1=CC(=NC(=NC2CC2)Nc2[nH+]ccs2)c2ccccc2[NH2+]1.O=[N+]([O-])[O-].O=[N+]([O-])[O-]. The summed E-state index contributed by atoms with van der Waals surface area (Å²) in [6.07, 6.45) is 6.33. The lowest BCUT2D eigenvalue weighted by Gasteiger charge is -2.13. The van der Waals surface area contributed by atoms with Crippen LogP contribution in [0.4, 0.5) is 10.8 Å². The number of rotatable bonds is 2. The number of fused-ring (bicyclic) bond motifs is 1. The third-order valence-corrected chi connectivity index (χ3v) is 4.48. The molecule has 1 fully saturated rings. The summed E-state index contributed by atoms with van der Waals surface area (Å²) in [5, 5.41) is 37.9. The first-order valence-electron chi connectivity index (χ1n) is 8.88. The Kier molecular flexibility index (Phi) is 8.53. The topological polar surface area (TPSA) is 200 Å². The van der Waals surface area contributed by atoms with Crippen molar-refractivity contribution in [1.82, 2.24) is 0 Å². The summed E-state index contributed by atoms with van der Waals surface area (Å²) in [6, 6.07) is 8.76. The minimum Gasteiger partial charge on any atom is -0.356 e. The Morgan fingerprint density at radius 1 is 1.19 bits per heavy atom. The summed E-state index contributed by atoms with van der Waals surface area (Å²) in [7, 11) is 0. The summed E-state index contributed by atoms with van der Waals surface area (Å²) in [5.41, 5.74) is 4.53. The maximum absolute atomic E-state index is 8.25. The van der Waals surface area contributed by atoms with E-state index in [0.29, 0.717) is 12.0 Å². The number of quaternary nitrogens is 1. The van der Waals surface area contributed by atoms with Crippen molar-refractivity contribution >= 4 is 33.8 Å². The highest BCUT2D eigenvalue weighted by molar-refractivity contribution is 7.13. The van der Waals surface area contributed by atoms with Gasteiger partial charge in [-0.3, -0.25) is 5.32 Å². The van der Waals surface area contributed by atoms with Gasteiger partial charge in [0.15, 0.2) is 0 Å². The Bertz CT molecular complexity index is 982. The average Bonchev–Trinajstić information content (AvgIpc) is 3.33. The molecule has 14 heteroatoms. The zero-order valence-electron chi connectivity index (χ0n) is 16.3. The van der Waals surface area contributed by atoms with E-state index >= 15 is 0 Å². The van der Waals surface area contributed by atoms with Gasteiger partial charge in [-0.05, 0) is 18.9 Å². The zero-order valence-corrected chi connectivity index (χ0v) is 17.1. The van der Waals surface area contributed by atoms with Crippen LogP contribution in [0.3, 0.4) is 0 Å². The van der Waals surface area contributed by atoms with Gasteiger partial charge in [0, 0.05) is 24.4 Å². The summed E-state index contributed by atoms with van der Waals surface area (Å²) >= 11 is 1.61.